The van der Waals surface area contributed by atoms with E-state index >= 15 is 0 Å². The second-order valence-electron chi connectivity index (χ2n) is 5.08. The molecule has 1 aromatic heterocycles. The molecule has 1 aromatic carbocycles. The number of hydrogen-bond acceptors (Lipinski definition) is 6. The largest absolute Gasteiger partial charge is 0.360 e. The van der Waals surface area contributed by atoms with Gasteiger partial charge >= 0.3 is 0 Å². The first-order valence-corrected chi connectivity index (χ1v) is 8.70. The summed E-state index contributed by atoms with van der Waals surface area (Å²) in [6, 6.07) is 3.41. The van der Waals surface area contributed by atoms with E-state index in [1.807, 2.05) is 0 Å². The predicted octanol–water partition coefficient (Wildman–Crippen LogP) is 3.62. The minimum Gasteiger partial charge on any atom is -0.360 e. The van der Waals surface area contributed by atoms with Crippen LogP contribution in [-0.4, -0.2) is 28.4 Å². The molecule has 2 rings (SSSR count). The fourth-order valence-corrected chi connectivity index (χ4v) is 3.11. The summed E-state index contributed by atoms with van der Waals surface area (Å²) in [5, 5.41) is 14.0. The lowest BCUT2D eigenvalue weighted by molar-refractivity contribution is -0.113. The number of hydrogen-bond donors (Lipinski definition) is 2. The predicted molar refractivity (Wildman–Crippen MR) is 88.9 cm³/mol. The van der Waals surface area contributed by atoms with E-state index in [0.29, 0.717) is 15.4 Å². The molecule has 0 unspecified atom stereocenters. The highest BCUT2D eigenvalue weighted by Gasteiger charge is 2.13. The summed E-state index contributed by atoms with van der Waals surface area (Å²) in [5.74, 6) is -1.65. The van der Waals surface area contributed by atoms with E-state index in [1.165, 1.54) is 17.4 Å². The summed E-state index contributed by atoms with van der Waals surface area (Å²) in [5.41, 5.74) is -0.436. The van der Waals surface area contributed by atoms with Crippen molar-refractivity contribution in [2.45, 2.75) is 18.2 Å². The zero-order valence-corrected chi connectivity index (χ0v) is 14.2. The maximum Gasteiger partial charge on any atom is 0.234 e. The second kappa shape index (κ2) is 8.21. The summed E-state index contributed by atoms with van der Waals surface area (Å²) in [7, 11) is 0. The first kappa shape index (κ1) is 17.6. The molecule has 0 atom stereocenters. The fraction of sp³-hybridized carbons (Fsp3) is 0.357. The molecule has 2 aromatic rings. The van der Waals surface area contributed by atoms with E-state index in [4.69, 9.17) is 0 Å². The number of carbonyl (C=O) groups excluding carboxylic acids is 1. The summed E-state index contributed by atoms with van der Waals surface area (Å²) in [4.78, 5) is 11.8. The van der Waals surface area contributed by atoms with Crippen LogP contribution in [0.2, 0.25) is 0 Å². The Hall–Kier alpha value is -1.74. The molecule has 0 aliphatic rings. The van der Waals surface area contributed by atoms with E-state index in [2.05, 4.69) is 34.7 Å². The average molecular weight is 358 g/mol. The third kappa shape index (κ3) is 5.43. The molecular formula is C14H16F2N4OS2. The van der Waals surface area contributed by atoms with Crippen molar-refractivity contribution in [3.8, 4) is 0 Å². The van der Waals surface area contributed by atoms with E-state index in [9.17, 15) is 13.6 Å². The molecule has 1 heterocycles. The molecule has 0 spiro atoms. The molecule has 0 fully saturated rings. The minimum atomic E-state index is -0.806. The van der Waals surface area contributed by atoms with E-state index in [0.717, 1.165) is 30.4 Å². The number of benzene rings is 1. The summed E-state index contributed by atoms with van der Waals surface area (Å²) in [6.45, 7) is 4.94. The van der Waals surface area contributed by atoms with Gasteiger partial charge in [0.25, 0.3) is 0 Å². The molecule has 1 amide bonds. The standard InChI is InChI=1S/C14H16F2N4OS2/c1-8(2)6-17-13-19-20-14(23-13)22-7-11(21)18-12-9(15)4-3-5-10(12)16/h3-5,8H,6-7H2,1-2H3,(H,17,19)(H,18,21). The summed E-state index contributed by atoms with van der Waals surface area (Å²) >= 11 is 2.49. The Labute approximate surface area is 140 Å². The number of nitrogens with one attached hydrogen (secondary N) is 2. The van der Waals surface area contributed by atoms with Gasteiger partial charge < -0.3 is 10.6 Å². The van der Waals surface area contributed by atoms with Crippen LogP contribution >= 0.6 is 23.1 Å². The van der Waals surface area contributed by atoms with Crippen LogP contribution in [0.15, 0.2) is 22.5 Å². The topological polar surface area (TPSA) is 66.9 Å². The highest BCUT2D eigenvalue weighted by molar-refractivity contribution is 8.01. The number of amides is 1. The van der Waals surface area contributed by atoms with Crippen LogP contribution in [0, 0.1) is 17.6 Å². The van der Waals surface area contributed by atoms with Crippen molar-refractivity contribution in [3.05, 3.63) is 29.8 Å². The number of carbonyl (C=O) groups is 1. The minimum absolute atomic E-state index is 0.00735. The highest BCUT2D eigenvalue weighted by Crippen LogP contribution is 2.26. The Morgan fingerprint density at radius 1 is 1.30 bits per heavy atom. The number of nitrogens with zero attached hydrogens (tertiary/aromatic N) is 2. The normalized spacial score (nSPS) is 10.8. The van der Waals surface area contributed by atoms with Gasteiger partial charge in [-0.2, -0.15) is 0 Å². The van der Waals surface area contributed by atoms with Crippen LogP contribution < -0.4 is 10.6 Å². The molecule has 0 aliphatic carbocycles. The molecule has 0 bridgehead atoms. The van der Waals surface area contributed by atoms with E-state index in [-0.39, 0.29) is 5.75 Å². The van der Waals surface area contributed by atoms with Gasteiger partial charge in [-0.1, -0.05) is 43.0 Å². The molecule has 9 heteroatoms. The number of anilines is 2. The molecule has 2 N–H and O–H groups in total. The van der Waals surface area contributed by atoms with Gasteiger partial charge in [-0.25, -0.2) is 8.78 Å². The van der Waals surface area contributed by atoms with Gasteiger partial charge in [0, 0.05) is 6.54 Å². The Bertz CT molecular complexity index is 658. The molecule has 0 saturated carbocycles. The lowest BCUT2D eigenvalue weighted by Gasteiger charge is -2.06. The third-order valence-electron chi connectivity index (χ3n) is 2.62. The number of halogens is 2. The van der Waals surface area contributed by atoms with Crippen LogP contribution in [0.5, 0.6) is 0 Å². The maximum absolute atomic E-state index is 13.4. The van der Waals surface area contributed by atoms with Crippen LogP contribution in [-0.2, 0) is 4.79 Å². The number of para-hydroxylation sites is 1. The maximum atomic E-state index is 13.4. The Morgan fingerprint density at radius 3 is 2.65 bits per heavy atom. The molecular weight excluding hydrogens is 342 g/mol. The Kier molecular flexibility index (Phi) is 6.28. The quantitative estimate of drug-likeness (QED) is 0.740. The van der Waals surface area contributed by atoms with Crippen LogP contribution in [0.1, 0.15) is 13.8 Å². The van der Waals surface area contributed by atoms with Crippen molar-refractivity contribution >= 4 is 39.8 Å². The first-order valence-electron chi connectivity index (χ1n) is 6.89. The van der Waals surface area contributed by atoms with Gasteiger partial charge in [0.05, 0.1) is 5.75 Å². The summed E-state index contributed by atoms with van der Waals surface area (Å²) in [6.07, 6.45) is 0. The number of thioether (sulfide) groups is 1. The highest BCUT2D eigenvalue weighted by atomic mass is 32.2. The molecule has 124 valence electrons. The van der Waals surface area contributed by atoms with Crippen molar-refractivity contribution in [2.24, 2.45) is 5.92 Å². The van der Waals surface area contributed by atoms with E-state index in [1.54, 1.807) is 0 Å². The van der Waals surface area contributed by atoms with Gasteiger partial charge in [-0.3, -0.25) is 4.79 Å². The van der Waals surface area contributed by atoms with Crippen molar-refractivity contribution in [2.75, 3.05) is 22.9 Å². The SMILES string of the molecule is CC(C)CNc1nnc(SCC(=O)Nc2c(F)cccc2F)s1. The first-order chi connectivity index (χ1) is 11.0. The monoisotopic (exact) mass is 358 g/mol. The van der Waals surface area contributed by atoms with Gasteiger partial charge in [0.2, 0.25) is 11.0 Å². The Morgan fingerprint density at radius 2 is 2.00 bits per heavy atom. The number of rotatable bonds is 7. The third-order valence-corrected chi connectivity index (χ3v) is 4.64. The molecule has 23 heavy (non-hydrogen) atoms. The van der Waals surface area contributed by atoms with Crippen molar-refractivity contribution in [1.29, 1.82) is 0 Å². The smallest absolute Gasteiger partial charge is 0.234 e. The lowest BCUT2D eigenvalue weighted by atomic mass is 10.2. The lowest BCUT2D eigenvalue weighted by Crippen LogP contribution is -2.16. The van der Waals surface area contributed by atoms with Crippen molar-refractivity contribution in [1.82, 2.24) is 10.2 Å². The van der Waals surface area contributed by atoms with Crippen LogP contribution in [0.3, 0.4) is 0 Å². The number of aromatic nitrogens is 2. The van der Waals surface area contributed by atoms with Gasteiger partial charge in [-0.05, 0) is 18.1 Å². The Balaban J connectivity index is 1.85. The van der Waals surface area contributed by atoms with Crippen LogP contribution in [0.4, 0.5) is 19.6 Å². The zero-order valence-electron chi connectivity index (χ0n) is 12.6. The second-order valence-corrected chi connectivity index (χ2v) is 7.28. The fourth-order valence-electron chi connectivity index (χ4n) is 1.55. The van der Waals surface area contributed by atoms with E-state index < -0.39 is 23.2 Å². The van der Waals surface area contributed by atoms with Gasteiger partial charge in [0.15, 0.2) is 4.34 Å². The van der Waals surface area contributed by atoms with Crippen LogP contribution in [0.25, 0.3) is 0 Å². The van der Waals surface area contributed by atoms with Crippen molar-refractivity contribution in [3.63, 3.8) is 0 Å². The molecule has 0 saturated heterocycles. The molecule has 5 nitrogen and oxygen atoms in total. The van der Waals surface area contributed by atoms with Gasteiger partial charge in [-0.15, -0.1) is 10.2 Å². The molecule has 0 aliphatic heterocycles. The summed E-state index contributed by atoms with van der Waals surface area (Å²) < 4.78 is 27.5. The molecule has 0 radical (unpaired) electrons. The van der Waals surface area contributed by atoms with Gasteiger partial charge in [0.1, 0.15) is 17.3 Å². The average Bonchev–Trinajstić information content (AvgIpc) is 2.95. The van der Waals surface area contributed by atoms with Crippen molar-refractivity contribution < 1.29 is 13.6 Å². The zero-order chi connectivity index (χ0) is 16.8.